The van der Waals surface area contributed by atoms with E-state index in [1.165, 1.54) is 5.56 Å². The molecule has 0 aliphatic rings. The Hall–Kier alpha value is -4.04. The van der Waals surface area contributed by atoms with Crippen LogP contribution in [-0.4, -0.2) is 36.1 Å². The van der Waals surface area contributed by atoms with Gasteiger partial charge in [0.2, 0.25) is 5.88 Å². The summed E-state index contributed by atoms with van der Waals surface area (Å²) in [5, 5.41) is 14.1. The molecule has 0 fully saturated rings. The van der Waals surface area contributed by atoms with Crippen molar-refractivity contribution in [2.75, 3.05) is 20.3 Å². The average molecular weight is 547 g/mol. The first-order valence-electron chi connectivity index (χ1n) is 13.1. The van der Waals surface area contributed by atoms with Crippen molar-refractivity contribution in [3.8, 4) is 27.8 Å². The highest BCUT2D eigenvalue weighted by atomic mass is 32.1. The second kappa shape index (κ2) is 14.2. The number of aromatic hydroxyl groups is 1. The Morgan fingerprint density at radius 1 is 0.974 bits per heavy atom. The third kappa shape index (κ3) is 7.97. The maximum absolute atomic E-state index is 11.4. The van der Waals surface area contributed by atoms with Gasteiger partial charge in [-0.25, -0.2) is 0 Å². The molecule has 0 spiro atoms. The Balaban J connectivity index is 1.30. The van der Waals surface area contributed by atoms with E-state index >= 15 is 0 Å². The summed E-state index contributed by atoms with van der Waals surface area (Å²) < 4.78 is 12.0. The second-order valence-corrected chi connectivity index (χ2v) is 10.0. The summed E-state index contributed by atoms with van der Waals surface area (Å²) in [5.74, 6) is 1.49. The molecule has 1 heterocycles. The highest BCUT2D eigenvalue weighted by Gasteiger charge is 2.12. The zero-order chi connectivity index (χ0) is 27.5. The van der Waals surface area contributed by atoms with E-state index < -0.39 is 0 Å². The first kappa shape index (κ1) is 28.0. The minimum atomic E-state index is -0.286. The van der Waals surface area contributed by atoms with E-state index in [9.17, 15) is 9.90 Å². The van der Waals surface area contributed by atoms with Crippen molar-refractivity contribution in [1.29, 1.82) is 0 Å². The van der Waals surface area contributed by atoms with Crippen LogP contribution in [0.3, 0.4) is 0 Å². The number of nitrogens with zero attached hydrogens (tertiary/aromatic N) is 1. The lowest BCUT2D eigenvalue weighted by molar-refractivity contribution is 0.213. The summed E-state index contributed by atoms with van der Waals surface area (Å²) in [5.41, 5.74) is 5.16. The van der Waals surface area contributed by atoms with Crippen molar-refractivity contribution in [3.63, 3.8) is 0 Å². The largest absolute Gasteiger partial charge is 0.493 e. The van der Waals surface area contributed by atoms with E-state index in [1.54, 1.807) is 7.11 Å². The molecule has 1 aromatic heterocycles. The Morgan fingerprint density at radius 2 is 1.74 bits per heavy atom. The Morgan fingerprint density at radius 3 is 2.44 bits per heavy atom. The molecule has 0 amide bonds. The summed E-state index contributed by atoms with van der Waals surface area (Å²) in [6.07, 6.45) is 4.33. The van der Waals surface area contributed by atoms with Gasteiger partial charge in [-0.1, -0.05) is 60.2 Å². The van der Waals surface area contributed by atoms with Crippen molar-refractivity contribution >= 4 is 17.0 Å². The Kier molecular flexibility index (Phi) is 10.2. The minimum Gasteiger partial charge on any atom is -0.493 e. The standard InChI is InChI=1S/C31H34N2O5S/c1-3-8-25-21-24(27(33-36-2)17-11-22-9-5-4-6-10-22)14-18-28(25)38-20-7-19-37-26-15-12-23(13-16-26)29-30(34)32-31(35)39-29/h4-6,9-10,12-16,18,21,34H,3,7-8,11,17,19-20H2,1-2H3,(H,32,35). The van der Waals surface area contributed by atoms with E-state index in [0.717, 1.165) is 77.3 Å². The van der Waals surface area contributed by atoms with Gasteiger partial charge in [0.25, 0.3) is 0 Å². The number of benzene rings is 3. The number of oxime groups is 1. The molecule has 8 heteroatoms. The number of rotatable bonds is 14. The Bertz CT molecular complexity index is 1410. The lowest BCUT2D eigenvalue weighted by atomic mass is 9.98. The van der Waals surface area contributed by atoms with E-state index in [2.05, 4.69) is 47.4 Å². The van der Waals surface area contributed by atoms with Gasteiger partial charge in [0.1, 0.15) is 18.6 Å². The van der Waals surface area contributed by atoms with Crippen LogP contribution in [0.25, 0.3) is 10.4 Å². The maximum atomic E-state index is 11.4. The molecule has 7 nitrogen and oxygen atoms in total. The summed E-state index contributed by atoms with van der Waals surface area (Å²) in [6.45, 7) is 3.20. The molecule has 204 valence electrons. The lowest BCUT2D eigenvalue weighted by Gasteiger charge is -2.14. The molecule has 4 rings (SSSR count). The average Bonchev–Trinajstić information content (AvgIpc) is 3.30. The molecule has 0 bridgehead atoms. The van der Waals surface area contributed by atoms with Gasteiger partial charge in [-0.2, -0.15) is 0 Å². The van der Waals surface area contributed by atoms with Crippen LogP contribution in [0.5, 0.6) is 17.4 Å². The zero-order valence-electron chi connectivity index (χ0n) is 22.3. The third-order valence-electron chi connectivity index (χ3n) is 6.17. The molecule has 39 heavy (non-hydrogen) atoms. The quantitative estimate of drug-likeness (QED) is 0.106. The van der Waals surface area contributed by atoms with Gasteiger partial charge < -0.3 is 19.4 Å². The molecule has 3 aromatic carbocycles. The van der Waals surface area contributed by atoms with E-state index in [-0.39, 0.29) is 10.8 Å². The first-order valence-corrected chi connectivity index (χ1v) is 13.9. The number of thiazole rings is 1. The van der Waals surface area contributed by atoms with Gasteiger partial charge in [-0.15, -0.1) is 0 Å². The molecule has 0 radical (unpaired) electrons. The molecule has 2 N–H and O–H groups in total. The lowest BCUT2D eigenvalue weighted by Crippen LogP contribution is -2.08. The summed E-state index contributed by atoms with van der Waals surface area (Å²) in [7, 11) is 1.58. The van der Waals surface area contributed by atoms with Gasteiger partial charge in [0.15, 0.2) is 0 Å². The van der Waals surface area contributed by atoms with Crippen LogP contribution in [0.15, 0.2) is 82.7 Å². The number of aromatic nitrogens is 1. The monoisotopic (exact) mass is 546 g/mol. The van der Waals surface area contributed by atoms with E-state index in [1.807, 2.05) is 42.5 Å². The number of nitrogens with one attached hydrogen (secondary N) is 1. The minimum absolute atomic E-state index is 0.110. The second-order valence-electron chi connectivity index (χ2n) is 9.05. The van der Waals surface area contributed by atoms with Gasteiger partial charge >= 0.3 is 4.87 Å². The SMILES string of the molecule is CCCc1cc(C(CCc2ccccc2)=NOC)ccc1OCCCOc1ccc(-c2sc(=O)[nH]c2O)cc1. The number of H-pyrrole nitrogens is 1. The molecule has 0 aliphatic heterocycles. The number of ether oxygens (including phenoxy) is 2. The van der Waals surface area contributed by atoms with Crippen molar-refractivity contribution in [1.82, 2.24) is 4.98 Å². The van der Waals surface area contributed by atoms with Gasteiger partial charge in [-0.3, -0.25) is 9.78 Å². The van der Waals surface area contributed by atoms with Crippen LogP contribution in [-0.2, 0) is 17.7 Å². The van der Waals surface area contributed by atoms with Crippen LogP contribution in [0.1, 0.15) is 42.9 Å². The predicted molar refractivity (Wildman–Crippen MR) is 156 cm³/mol. The Labute approximate surface area is 232 Å². The first-order chi connectivity index (χ1) is 19.1. The van der Waals surface area contributed by atoms with Crippen molar-refractivity contribution in [2.24, 2.45) is 5.16 Å². The summed E-state index contributed by atoms with van der Waals surface area (Å²) in [4.78, 5) is 19.2. The van der Waals surface area contributed by atoms with Gasteiger partial charge in [0, 0.05) is 6.42 Å². The van der Waals surface area contributed by atoms with Gasteiger partial charge in [0.05, 0.1) is 23.8 Å². The topological polar surface area (TPSA) is 93.1 Å². The predicted octanol–water partition coefficient (Wildman–Crippen LogP) is 6.59. The molecule has 4 aromatic rings. The van der Waals surface area contributed by atoms with Crippen LogP contribution in [0.2, 0.25) is 0 Å². The molecular formula is C31H34N2O5S. The molecule has 0 atom stereocenters. The molecule has 0 aliphatic carbocycles. The highest BCUT2D eigenvalue weighted by Crippen LogP contribution is 2.31. The van der Waals surface area contributed by atoms with Crippen LogP contribution >= 0.6 is 11.3 Å². The van der Waals surface area contributed by atoms with E-state index in [0.29, 0.717) is 18.1 Å². The fraction of sp³-hybridized carbons (Fsp3) is 0.290. The molecular weight excluding hydrogens is 512 g/mol. The molecule has 0 saturated carbocycles. The smallest absolute Gasteiger partial charge is 0.307 e. The summed E-state index contributed by atoms with van der Waals surface area (Å²) in [6, 6.07) is 23.9. The number of hydrogen-bond acceptors (Lipinski definition) is 7. The molecule has 0 saturated heterocycles. The van der Waals surface area contributed by atoms with E-state index in [4.69, 9.17) is 14.3 Å². The van der Waals surface area contributed by atoms with Crippen molar-refractivity contribution < 1.29 is 19.4 Å². The fourth-order valence-corrected chi connectivity index (χ4v) is 5.01. The number of aryl methyl sites for hydroxylation is 2. The molecule has 0 unspecified atom stereocenters. The summed E-state index contributed by atoms with van der Waals surface area (Å²) >= 11 is 0.975. The van der Waals surface area contributed by atoms with Crippen LogP contribution in [0.4, 0.5) is 0 Å². The van der Waals surface area contributed by atoms with Crippen LogP contribution in [0, 0.1) is 0 Å². The van der Waals surface area contributed by atoms with Crippen molar-refractivity contribution in [2.45, 2.75) is 39.0 Å². The van der Waals surface area contributed by atoms with Gasteiger partial charge in [-0.05, 0) is 84.0 Å². The van der Waals surface area contributed by atoms with Crippen LogP contribution < -0.4 is 14.3 Å². The normalized spacial score (nSPS) is 11.4. The van der Waals surface area contributed by atoms with Crippen molar-refractivity contribution in [3.05, 3.63) is 99.2 Å². The maximum Gasteiger partial charge on any atom is 0.307 e. The third-order valence-corrected chi connectivity index (χ3v) is 7.09. The highest BCUT2D eigenvalue weighted by molar-refractivity contribution is 7.13. The zero-order valence-corrected chi connectivity index (χ0v) is 23.1. The number of hydrogen-bond donors (Lipinski definition) is 2. The fourth-order valence-electron chi connectivity index (χ4n) is 4.27. The number of aromatic amines is 1.